The number of carboxylic acid groups (broad SMARTS) is 1. The fourth-order valence-electron chi connectivity index (χ4n) is 2.54. The van der Waals surface area contributed by atoms with Gasteiger partial charge in [0.2, 0.25) is 10.0 Å². The summed E-state index contributed by atoms with van der Waals surface area (Å²) in [6, 6.07) is 6.01. The molecule has 0 spiro atoms. The molecule has 25 heavy (non-hydrogen) atoms. The van der Waals surface area contributed by atoms with Crippen LogP contribution in [0.25, 0.3) is 0 Å². The molecule has 1 aliphatic heterocycles. The quantitative estimate of drug-likeness (QED) is 0.725. The van der Waals surface area contributed by atoms with Crippen molar-refractivity contribution in [2.75, 3.05) is 32.8 Å². The summed E-state index contributed by atoms with van der Waals surface area (Å²) in [6.45, 7) is 2.98. The molecule has 1 saturated heterocycles. The van der Waals surface area contributed by atoms with Crippen molar-refractivity contribution in [3.05, 3.63) is 29.8 Å². The van der Waals surface area contributed by atoms with Gasteiger partial charge in [0.25, 0.3) is 5.91 Å². The molecule has 1 unspecified atom stereocenters. The number of carbonyl (C=O) groups excluding carboxylic acids is 1. The van der Waals surface area contributed by atoms with Gasteiger partial charge in [-0.1, -0.05) is 19.1 Å². The molecule has 1 atom stereocenters. The van der Waals surface area contributed by atoms with Crippen LogP contribution in [0, 0.1) is 5.92 Å². The van der Waals surface area contributed by atoms with Gasteiger partial charge in [-0.25, -0.2) is 8.42 Å². The molecule has 0 saturated carbocycles. The lowest BCUT2D eigenvalue weighted by Gasteiger charge is -2.26. The summed E-state index contributed by atoms with van der Waals surface area (Å²) >= 11 is 0. The molecule has 0 aromatic heterocycles. The monoisotopic (exact) mass is 370 g/mol. The van der Waals surface area contributed by atoms with E-state index in [4.69, 9.17) is 9.84 Å². The van der Waals surface area contributed by atoms with E-state index in [2.05, 4.69) is 5.32 Å². The number of sulfonamides is 1. The van der Waals surface area contributed by atoms with Gasteiger partial charge in [0.05, 0.1) is 23.7 Å². The number of rotatable bonds is 7. The highest BCUT2D eigenvalue weighted by atomic mass is 32.2. The normalized spacial score (nSPS) is 17.0. The second-order valence-electron chi connectivity index (χ2n) is 5.93. The van der Waals surface area contributed by atoms with Crippen LogP contribution in [0.1, 0.15) is 23.7 Å². The highest BCUT2D eigenvalue weighted by Gasteiger charge is 2.30. The highest BCUT2D eigenvalue weighted by Crippen LogP contribution is 2.21. The van der Waals surface area contributed by atoms with Crippen LogP contribution in [0.4, 0.5) is 0 Å². The number of amides is 1. The molecule has 1 heterocycles. The molecule has 0 radical (unpaired) electrons. The van der Waals surface area contributed by atoms with E-state index in [1.54, 1.807) is 19.1 Å². The second kappa shape index (κ2) is 8.41. The number of hydrogen-bond donors (Lipinski definition) is 2. The van der Waals surface area contributed by atoms with Crippen molar-refractivity contribution in [1.29, 1.82) is 0 Å². The number of hydrogen-bond acceptors (Lipinski definition) is 5. The van der Waals surface area contributed by atoms with Gasteiger partial charge in [0.15, 0.2) is 0 Å². The van der Waals surface area contributed by atoms with Crippen molar-refractivity contribution in [2.24, 2.45) is 5.92 Å². The molecule has 1 aromatic rings. The minimum absolute atomic E-state index is 0.0523. The number of ether oxygens (including phenoxy) is 1. The lowest BCUT2D eigenvalue weighted by atomic mass is 10.1. The van der Waals surface area contributed by atoms with Crippen molar-refractivity contribution < 1.29 is 27.9 Å². The van der Waals surface area contributed by atoms with E-state index < -0.39 is 21.9 Å². The third-order valence-electron chi connectivity index (χ3n) is 3.85. The predicted octanol–water partition coefficient (Wildman–Crippen LogP) is 0.548. The summed E-state index contributed by atoms with van der Waals surface area (Å²) < 4.78 is 32.1. The Kier molecular flexibility index (Phi) is 6.51. The molecule has 0 aliphatic carbocycles. The Hall–Kier alpha value is -1.97. The Bertz CT molecular complexity index is 728. The van der Waals surface area contributed by atoms with Gasteiger partial charge in [-0.2, -0.15) is 4.31 Å². The number of nitrogens with zero attached hydrogens (tertiary/aromatic N) is 1. The van der Waals surface area contributed by atoms with Gasteiger partial charge in [0, 0.05) is 26.1 Å². The average Bonchev–Trinajstić information content (AvgIpc) is 2.60. The highest BCUT2D eigenvalue weighted by molar-refractivity contribution is 7.89. The smallest absolute Gasteiger partial charge is 0.303 e. The van der Waals surface area contributed by atoms with Crippen LogP contribution in [0.15, 0.2) is 29.2 Å². The lowest BCUT2D eigenvalue weighted by molar-refractivity contribution is -0.137. The van der Waals surface area contributed by atoms with Crippen LogP contribution in [0.5, 0.6) is 0 Å². The third kappa shape index (κ3) is 5.00. The van der Waals surface area contributed by atoms with Crippen LogP contribution in [-0.4, -0.2) is 62.6 Å². The Labute approximate surface area is 146 Å². The summed E-state index contributed by atoms with van der Waals surface area (Å²) in [5, 5.41) is 11.4. The van der Waals surface area contributed by atoms with E-state index in [-0.39, 0.29) is 42.4 Å². The third-order valence-corrected chi connectivity index (χ3v) is 5.81. The van der Waals surface area contributed by atoms with Crippen molar-refractivity contribution in [3.63, 3.8) is 0 Å². The first-order valence-electron chi connectivity index (χ1n) is 7.99. The first-order valence-corrected chi connectivity index (χ1v) is 9.43. The van der Waals surface area contributed by atoms with Gasteiger partial charge in [-0.3, -0.25) is 9.59 Å². The zero-order valence-corrected chi connectivity index (χ0v) is 14.8. The zero-order valence-electron chi connectivity index (χ0n) is 14.0. The van der Waals surface area contributed by atoms with Crippen LogP contribution in [0.2, 0.25) is 0 Å². The summed E-state index contributed by atoms with van der Waals surface area (Å²) in [5.41, 5.74) is 0.0523. The van der Waals surface area contributed by atoms with E-state index in [0.717, 1.165) is 0 Å². The first kappa shape index (κ1) is 19.4. The van der Waals surface area contributed by atoms with Gasteiger partial charge < -0.3 is 15.2 Å². The molecule has 0 bridgehead atoms. The van der Waals surface area contributed by atoms with Crippen molar-refractivity contribution in [3.8, 4) is 0 Å². The van der Waals surface area contributed by atoms with E-state index in [1.165, 1.54) is 16.4 Å². The van der Waals surface area contributed by atoms with Gasteiger partial charge in [-0.15, -0.1) is 0 Å². The number of benzene rings is 1. The molecule has 9 heteroatoms. The SMILES string of the molecule is CC(CNC(=O)c1ccccc1S(=O)(=O)N1CCOCC1)CC(=O)O. The van der Waals surface area contributed by atoms with Crippen LogP contribution < -0.4 is 5.32 Å². The predicted molar refractivity (Wildman–Crippen MR) is 89.8 cm³/mol. The van der Waals surface area contributed by atoms with Crippen molar-refractivity contribution in [2.45, 2.75) is 18.2 Å². The van der Waals surface area contributed by atoms with E-state index in [1.807, 2.05) is 0 Å². The Morgan fingerprint density at radius 2 is 1.92 bits per heavy atom. The number of carbonyl (C=O) groups is 2. The number of aliphatic carboxylic acids is 1. The van der Waals surface area contributed by atoms with Crippen molar-refractivity contribution >= 4 is 21.9 Å². The molecule has 2 rings (SSSR count). The van der Waals surface area contributed by atoms with Gasteiger partial charge in [0.1, 0.15) is 0 Å². The summed E-state index contributed by atoms with van der Waals surface area (Å²) in [6.07, 6.45) is -0.0754. The maximum Gasteiger partial charge on any atom is 0.303 e. The topological polar surface area (TPSA) is 113 Å². The fourth-order valence-corrected chi connectivity index (χ4v) is 4.13. The Morgan fingerprint density at radius 1 is 1.28 bits per heavy atom. The molecular formula is C16H22N2O6S. The van der Waals surface area contributed by atoms with E-state index >= 15 is 0 Å². The molecule has 1 amide bonds. The number of nitrogens with one attached hydrogen (secondary N) is 1. The van der Waals surface area contributed by atoms with Crippen LogP contribution >= 0.6 is 0 Å². The number of morpholine rings is 1. The minimum atomic E-state index is -3.80. The van der Waals surface area contributed by atoms with Crippen molar-refractivity contribution in [1.82, 2.24) is 9.62 Å². The standard InChI is InChI=1S/C16H22N2O6S/c1-12(10-15(19)20)11-17-16(21)13-4-2-3-5-14(13)25(22,23)18-6-8-24-9-7-18/h2-5,12H,6-11H2,1H3,(H,17,21)(H,19,20). The molecular weight excluding hydrogens is 348 g/mol. The maximum absolute atomic E-state index is 12.8. The van der Waals surface area contributed by atoms with Crippen LogP contribution in [-0.2, 0) is 19.6 Å². The average molecular weight is 370 g/mol. The molecule has 1 fully saturated rings. The van der Waals surface area contributed by atoms with Gasteiger partial charge in [-0.05, 0) is 18.1 Å². The molecule has 8 nitrogen and oxygen atoms in total. The Balaban J connectivity index is 2.16. The first-order chi connectivity index (χ1) is 11.8. The van der Waals surface area contributed by atoms with E-state index in [9.17, 15) is 18.0 Å². The lowest BCUT2D eigenvalue weighted by Crippen LogP contribution is -2.41. The van der Waals surface area contributed by atoms with Crippen LogP contribution in [0.3, 0.4) is 0 Å². The Morgan fingerprint density at radius 3 is 2.56 bits per heavy atom. The summed E-state index contributed by atoms with van der Waals surface area (Å²) in [7, 11) is -3.80. The molecule has 138 valence electrons. The van der Waals surface area contributed by atoms with Gasteiger partial charge >= 0.3 is 5.97 Å². The zero-order chi connectivity index (χ0) is 18.4. The summed E-state index contributed by atoms with van der Waals surface area (Å²) in [5.74, 6) is -1.74. The summed E-state index contributed by atoms with van der Waals surface area (Å²) in [4.78, 5) is 23.0. The molecule has 1 aromatic carbocycles. The minimum Gasteiger partial charge on any atom is -0.481 e. The molecule has 2 N–H and O–H groups in total. The number of carboxylic acids is 1. The second-order valence-corrected chi connectivity index (χ2v) is 7.83. The fraction of sp³-hybridized carbons (Fsp3) is 0.500. The largest absolute Gasteiger partial charge is 0.481 e. The van der Waals surface area contributed by atoms with E-state index in [0.29, 0.717) is 13.2 Å². The maximum atomic E-state index is 12.8. The molecule has 1 aliphatic rings.